The van der Waals surface area contributed by atoms with Crippen molar-refractivity contribution in [3.8, 4) is 17.2 Å². The Hall–Kier alpha value is -2.44. The largest absolute Gasteiger partial charge is 0.493 e. The Morgan fingerprint density at radius 1 is 1.19 bits per heavy atom. The highest BCUT2D eigenvalue weighted by Crippen LogP contribution is 2.40. The maximum absolute atomic E-state index is 12.5. The van der Waals surface area contributed by atoms with Gasteiger partial charge in [0.05, 0.1) is 12.7 Å². The number of fused-ring (bicyclic) bond motifs is 1. The van der Waals surface area contributed by atoms with Crippen LogP contribution < -0.4 is 19.5 Å². The molecule has 1 aromatic carbocycles. The zero-order valence-electron chi connectivity index (χ0n) is 16.1. The number of methoxy groups -OCH3 is 1. The molecule has 1 aliphatic carbocycles. The monoisotopic (exact) mass is 377 g/mol. The zero-order valence-corrected chi connectivity index (χ0v) is 16.1. The van der Waals surface area contributed by atoms with E-state index in [0.717, 1.165) is 19.3 Å². The molecule has 0 unspecified atom stereocenters. The predicted octanol–water partition coefficient (Wildman–Crippen LogP) is 2.71. The van der Waals surface area contributed by atoms with Gasteiger partial charge in [-0.25, -0.2) is 4.79 Å². The van der Waals surface area contributed by atoms with Gasteiger partial charge in [-0.3, -0.25) is 4.79 Å². The third-order valence-corrected chi connectivity index (χ3v) is 5.16. The van der Waals surface area contributed by atoms with Gasteiger partial charge in [0.25, 0.3) is 5.91 Å². The number of rotatable bonds is 5. The van der Waals surface area contributed by atoms with Gasteiger partial charge in [-0.05, 0) is 37.8 Å². The summed E-state index contributed by atoms with van der Waals surface area (Å²) in [5.74, 6) is 0.856. The fourth-order valence-corrected chi connectivity index (χ4v) is 3.50. The number of nitrogens with one attached hydrogen (secondary N) is 1. The van der Waals surface area contributed by atoms with Gasteiger partial charge in [-0.15, -0.1) is 0 Å². The van der Waals surface area contributed by atoms with Gasteiger partial charge >= 0.3 is 5.97 Å². The fourth-order valence-electron chi connectivity index (χ4n) is 3.50. The lowest BCUT2D eigenvalue weighted by Gasteiger charge is -2.30. The van der Waals surface area contributed by atoms with E-state index in [9.17, 15) is 9.59 Å². The van der Waals surface area contributed by atoms with E-state index in [2.05, 4.69) is 12.2 Å². The molecular weight excluding hydrogens is 350 g/mol. The normalized spacial score (nSPS) is 22.5. The summed E-state index contributed by atoms with van der Waals surface area (Å²) in [5.41, 5.74) is 0.252. The van der Waals surface area contributed by atoms with Crippen molar-refractivity contribution in [2.45, 2.75) is 51.7 Å². The van der Waals surface area contributed by atoms with E-state index >= 15 is 0 Å². The molecule has 7 heteroatoms. The van der Waals surface area contributed by atoms with Crippen LogP contribution in [0.2, 0.25) is 0 Å². The molecule has 1 heterocycles. The molecule has 1 N–H and O–H groups in total. The Labute approximate surface area is 159 Å². The standard InChI is InChI=1S/C20H27NO6/c1-12-6-4-5-7-15(12)21-19(22)13(2)27-20(23)14-10-16(24-3)18-17(11-14)25-8-9-26-18/h10-13,15H,4-9H2,1-3H3,(H,21,22)/t12-,13+,15+/m0/s1. The zero-order chi connectivity index (χ0) is 19.4. The van der Waals surface area contributed by atoms with Crippen LogP contribution in [0.5, 0.6) is 17.2 Å². The Balaban J connectivity index is 1.64. The summed E-state index contributed by atoms with van der Waals surface area (Å²) in [6.07, 6.45) is 3.50. The average molecular weight is 377 g/mol. The Morgan fingerprint density at radius 3 is 2.67 bits per heavy atom. The SMILES string of the molecule is COc1cc(C(=O)O[C@H](C)C(=O)N[C@@H]2CCCC[C@@H]2C)cc2c1OCCO2. The first-order valence-electron chi connectivity index (χ1n) is 9.48. The first kappa shape index (κ1) is 19.3. The molecule has 0 aromatic heterocycles. The van der Waals surface area contributed by atoms with Crippen molar-refractivity contribution in [3.63, 3.8) is 0 Å². The summed E-state index contributed by atoms with van der Waals surface area (Å²) in [6.45, 7) is 4.54. The van der Waals surface area contributed by atoms with E-state index in [-0.39, 0.29) is 17.5 Å². The Bertz CT molecular complexity index is 687. The van der Waals surface area contributed by atoms with Crippen LogP contribution in [0.1, 0.15) is 49.9 Å². The van der Waals surface area contributed by atoms with Crippen LogP contribution >= 0.6 is 0 Å². The Kier molecular flexibility index (Phi) is 6.08. The number of benzene rings is 1. The molecule has 148 valence electrons. The first-order valence-corrected chi connectivity index (χ1v) is 9.48. The summed E-state index contributed by atoms with van der Waals surface area (Å²) in [6, 6.07) is 3.22. The summed E-state index contributed by atoms with van der Waals surface area (Å²) >= 11 is 0. The number of amides is 1. The maximum Gasteiger partial charge on any atom is 0.339 e. The van der Waals surface area contributed by atoms with Gasteiger partial charge in [-0.2, -0.15) is 0 Å². The minimum Gasteiger partial charge on any atom is -0.493 e. The summed E-state index contributed by atoms with van der Waals surface area (Å²) in [4.78, 5) is 24.9. The lowest BCUT2D eigenvalue weighted by molar-refractivity contribution is -0.130. The second-order valence-corrected chi connectivity index (χ2v) is 7.13. The molecule has 27 heavy (non-hydrogen) atoms. The molecule has 1 amide bonds. The van der Waals surface area contributed by atoms with Gasteiger partial charge in [0, 0.05) is 6.04 Å². The van der Waals surface area contributed by atoms with Crippen molar-refractivity contribution in [2.24, 2.45) is 5.92 Å². The fraction of sp³-hybridized carbons (Fsp3) is 0.600. The van der Waals surface area contributed by atoms with Crippen molar-refractivity contribution >= 4 is 11.9 Å². The van der Waals surface area contributed by atoms with E-state index < -0.39 is 12.1 Å². The predicted molar refractivity (Wildman–Crippen MR) is 98.4 cm³/mol. The molecule has 0 radical (unpaired) electrons. The molecule has 1 aromatic rings. The van der Waals surface area contributed by atoms with E-state index in [1.807, 2.05) is 0 Å². The van der Waals surface area contributed by atoms with Gasteiger partial charge in [0.2, 0.25) is 5.75 Å². The highest BCUT2D eigenvalue weighted by molar-refractivity contribution is 5.93. The highest BCUT2D eigenvalue weighted by Gasteiger charge is 2.27. The quantitative estimate of drug-likeness (QED) is 0.795. The molecule has 0 saturated heterocycles. The van der Waals surface area contributed by atoms with Crippen LogP contribution in [0.4, 0.5) is 0 Å². The van der Waals surface area contributed by atoms with E-state index in [1.165, 1.54) is 19.6 Å². The van der Waals surface area contributed by atoms with Crippen molar-refractivity contribution in [1.82, 2.24) is 5.32 Å². The number of carbonyl (C=O) groups is 2. The molecule has 7 nitrogen and oxygen atoms in total. The van der Waals surface area contributed by atoms with E-state index in [4.69, 9.17) is 18.9 Å². The molecule has 1 saturated carbocycles. The molecular formula is C20H27NO6. The first-order chi connectivity index (χ1) is 13.0. The van der Waals surface area contributed by atoms with Gasteiger partial charge in [0.1, 0.15) is 13.2 Å². The third-order valence-electron chi connectivity index (χ3n) is 5.16. The smallest absolute Gasteiger partial charge is 0.339 e. The Morgan fingerprint density at radius 2 is 1.93 bits per heavy atom. The highest BCUT2D eigenvalue weighted by atomic mass is 16.6. The van der Waals surface area contributed by atoms with Crippen LogP contribution in [0, 0.1) is 5.92 Å². The average Bonchev–Trinajstić information content (AvgIpc) is 2.68. The van der Waals surface area contributed by atoms with Crippen LogP contribution in [0.3, 0.4) is 0 Å². The molecule has 3 atom stereocenters. The lowest BCUT2D eigenvalue weighted by atomic mass is 9.86. The van der Waals surface area contributed by atoms with Gasteiger partial charge in [-0.1, -0.05) is 19.8 Å². The van der Waals surface area contributed by atoms with E-state index in [0.29, 0.717) is 36.4 Å². The topological polar surface area (TPSA) is 83.1 Å². The van der Waals surface area contributed by atoms with E-state index in [1.54, 1.807) is 13.0 Å². The minimum atomic E-state index is -0.883. The molecule has 1 fully saturated rings. The second kappa shape index (κ2) is 8.50. The maximum atomic E-state index is 12.5. The molecule has 3 rings (SSSR count). The summed E-state index contributed by atoms with van der Waals surface area (Å²) in [7, 11) is 1.49. The summed E-state index contributed by atoms with van der Waals surface area (Å²) in [5, 5.41) is 3.01. The van der Waals surface area contributed by atoms with Gasteiger partial charge < -0.3 is 24.3 Å². The van der Waals surface area contributed by atoms with Crippen LogP contribution in [0.15, 0.2) is 12.1 Å². The summed E-state index contributed by atoms with van der Waals surface area (Å²) < 4.78 is 21.7. The molecule has 0 spiro atoms. The number of hydrogen-bond donors (Lipinski definition) is 1. The number of ether oxygens (including phenoxy) is 4. The van der Waals surface area contributed by atoms with Crippen LogP contribution in [-0.2, 0) is 9.53 Å². The van der Waals surface area contributed by atoms with Crippen molar-refractivity contribution in [2.75, 3.05) is 20.3 Å². The number of esters is 1. The van der Waals surface area contributed by atoms with Crippen molar-refractivity contribution in [3.05, 3.63) is 17.7 Å². The molecule has 2 aliphatic rings. The third kappa shape index (κ3) is 4.46. The van der Waals surface area contributed by atoms with Crippen LogP contribution in [0.25, 0.3) is 0 Å². The van der Waals surface area contributed by atoms with Crippen molar-refractivity contribution in [1.29, 1.82) is 0 Å². The lowest BCUT2D eigenvalue weighted by Crippen LogP contribution is -2.46. The second-order valence-electron chi connectivity index (χ2n) is 7.13. The molecule has 0 bridgehead atoms. The van der Waals surface area contributed by atoms with Crippen molar-refractivity contribution < 1.29 is 28.5 Å². The number of carbonyl (C=O) groups excluding carboxylic acids is 2. The number of hydrogen-bond acceptors (Lipinski definition) is 6. The minimum absolute atomic E-state index is 0.141. The van der Waals surface area contributed by atoms with Gasteiger partial charge in [0.15, 0.2) is 17.6 Å². The molecule has 1 aliphatic heterocycles. The van der Waals surface area contributed by atoms with Crippen LogP contribution in [-0.4, -0.2) is 44.3 Å².